The molecule has 0 radical (unpaired) electrons. The van der Waals surface area contributed by atoms with Gasteiger partial charge in [-0.25, -0.2) is 4.98 Å². The zero-order chi connectivity index (χ0) is 20.1. The van der Waals surface area contributed by atoms with E-state index in [9.17, 15) is 9.59 Å². The second-order valence-electron chi connectivity index (χ2n) is 6.75. The van der Waals surface area contributed by atoms with Gasteiger partial charge in [-0.1, -0.05) is 6.42 Å². The van der Waals surface area contributed by atoms with Crippen LogP contribution in [0.15, 0.2) is 30.6 Å². The summed E-state index contributed by atoms with van der Waals surface area (Å²) in [6.45, 7) is 1.81. The maximum atomic E-state index is 12.8. The number of anilines is 1. The number of hydrogen-bond donors (Lipinski definition) is 2. The summed E-state index contributed by atoms with van der Waals surface area (Å²) in [6.07, 6.45) is 5.30. The third-order valence-electron chi connectivity index (χ3n) is 4.80. The van der Waals surface area contributed by atoms with Crippen molar-refractivity contribution in [1.29, 1.82) is 0 Å². The second-order valence-corrected chi connectivity index (χ2v) is 6.75. The summed E-state index contributed by atoms with van der Waals surface area (Å²) in [4.78, 5) is 33.4. The van der Waals surface area contributed by atoms with Gasteiger partial charge in [-0.2, -0.15) is 0 Å². The van der Waals surface area contributed by atoms with Crippen molar-refractivity contribution in [3.05, 3.63) is 42.0 Å². The van der Waals surface area contributed by atoms with Crippen LogP contribution in [-0.4, -0.2) is 42.0 Å². The Morgan fingerprint density at radius 3 is 2.36 bits per heavy atom. The summed E-state index contributed by atoms with van der Waals surface area (Å²) in [7, 11) is 3.10. The molecule has 28 heavy (non-hydrogen) atoms. The van der Waals surface area contributed by atoms with Gasteiger partial charge in [0, 0.05) is 36.1 Å². The molecule has 0 unspecified atom stereocenters. The molecular weight excluding hydrogens is 360 g/mol. The molecule has 2 aromatic rings. The minimum atomic E-state index is -0.320. The predicted octanol–water partition coefficient (Wildman–Crippen LogP) is 2.34. The fourth-order valence-corrected chi connectivity index (χ4v) is 3.31. The van der Waals surface area contributed by atoms with Crippen molar-refractivity contribution in [1.82, 2.24) is 15.3 Å². The van der Waals surface area contributed by atoms with Crippen molar-refractivity contribution in [2.45, 2.75) is 32.2 Å². The minimum Gasteiger partial charge on any atom is -0.497 e. The molecule has 0 spiro atoms. The van der Waals surface area contributed by atoms with Crippen LogP contribution in [0.4, 0.5) is 5.69 Å². The maximum absolute atomic E-state index is 12.8. The first-order chi connectivity index (χ1) is 13.5. The Balaban J connectivity index is 1.67. The van der Waals surface area contributed by atoms with Gasteiger partial charge >= 0.3 is 0 Å². The van der Waals surface area contributed by atoms with Crippen LogP contribution < -0.4 is 20.1 Å². The maximum Gasteiger partial charge on any atom is 0.271 e. The third kappa shape index (κ3) is 4.57. The number of amides is 2. The number of hydrogen-bond acceptors (Lipinski definition) is 6. The van der Waals surface area contributed by atoms with E-state index in [-0.39, 0.29) is 29.5 Å². The topological polar surface area (TPSA) is 102 Å². The van der Waals surface area contributed by atoms with Crippen LogP contribution >= 0.6 is 0 Å². The Morgan fingerprint density at radius 2 is 1.75 bits per heavy atom. The number of ether oxygens (including phenoxy) is 2. The van der Waals surface area contributed by atoms with Crippen molar-refractivity contribution in [2.75, 3.05) is 19.5 Å². The van der Waals surface area contributed by atoms with Gasteiger partial charge in [0.05, 0.1) is 32.0 Å². The van der Waals surface area contributed by atoms with E-state index >= 15 is 0 Å². The molecule has 1 heterocycles. The fraction of sp³-hybridized carbons (Fsp3) is 0.400. The van der Waals surface area contributed by atoms with E-state index in [1.165, 1.54) is 6.20 Å². The molecule has 2 amide bonds. The van der Waals surface area contributed by atoms with E-state index < -0.39 is 0 Å². The zero-order valence-corrected chi connectivity index (χ0v) is 16.2. The number of nitrogens with one attached hydrogen (secondary N) is 2. The molecule has 1 aliphatic rings. The highest BCUT2D eigenvalue weighted by atomic mass is 16.5. The highest BCUT2D eigenvalue weighted by Gasteiger charge is 2.34. The van der Waals surface area contributed by atoms with Crippen molar-refractivity contribution in [3.8, 4) is 11.5 Å². The monoisotopic (exact) mass is 384 g/mol. The lowest BCUT2D eigenvalue weighted by Gasteiger charge is -2.20. The van der Waals surface area contributed by atoms with Crippen LogP contribution in [0.25, 0.3) is 0 Å². The molecule has 0 saturated heterocycles. The normalized spacial score (nSPS) is 18.4. The standard InChI is InChI=1S/C20H24N4O4/c1-12-10-22-18(11-21-12)20(26)24-17-6-4-5-16(17)19(25)23-13-7-14(27-2)9-15(8-13)28-3/h7-11,16-17H,4-6H2,1-3H3,(H,23,25)(H,24,26)/t16-,17+/m0/s1. The van der Waals surface area contributed by atoms with Crippen molar-refractivity contribution < 1.29 is 19.1 Å². The summed E-state index contributed by atoms with van der Waals surface area (Å²) in [5, 5.41) is 5.83. The van der Waals surface area contributed by atoms with Gasteiger partial charge in [0.25, 0.3) is 5.91 Å². The summed E-state index contributed by atoms with van der Waals surface area (Å²) in [5.41, 5.74) is 1.57. The number of carbonyl (C=O) groups is 2. The Morgan fingerprint density at radius 1 is 1.04 bits per heavy atom. The molecule has 1 aliphatic carbocycles. The Bertz CT molecular complexity index is 832. The number of rotatable bonds is 6. The van der Waals surface area contributed by atoms with Crippen LogP contribution in [0.3, 0.4) is 0 Å². The zero-order valence-electron chi connectivity index (χ0n) is 16.2. The van der Waals surface area contributed by atoms with E-state index in [1.807, 2.05) is 0 Å². The third-order valence-corrected chi connectivity index (χ3v) is 4.80. The largest absolute Gasteiger partial charge is 0.497 e. The van der Waals surface area contributed by atoms with Gasteiger partial charge in [0.2, 0.25) is 5.91 Å². The van der Waals surface area contributed by atoms with Crippen LogP contribution in [-0.2, 0) is 4.79 Å². The molecule has 0 aliphatic heterocycles. The Hall–Kier alpha value is -3.16. The first kappa shape index (κ1) is 19.6. The van der Waals surface area contributed by atoms with Crippen molar-refractivity contribution in [3.63, 3.8) is 0 Å². The predicted molar refractivity (Wildman–Crippen MR) is 104 cm³/mol. The summed E-state index contributed by atoms with van der Waals surface area (Å²) in [6, 6.07) is 4.94. The highest BCUT2D eigenvalue weighted by Crippen LogP contribution is 2.30. The highest BCUT2D eigenvalue weighted by molar-refractivity contribution is 5.95. The van der Waals surface area contributed by atoms with Gasteiger partial charge in [-0.3, -0.25) is 14.6 Å². The molecule has 0 bridgehead atoms. The second kappa shape index (κ2) is 8.69. The summed E-state index contributed by atoms with van der Waals surface area (Å²) in [5.74, 6) is 0.389. The van der Waals surface area contributed by atoms with E-state index in [2.05, 4.69) is 20.6 Å². The van der Waals surface area contributed by atoms with E-state index in [1.54, 1.807) is 45.5 Å². The van der Waals surface area contributed by atoms with Gasteiger partial charge in [-0.05, 0) is 19.8 Å². The number of benzene rings is 1. The lowest BCUT2D eigenvalue weighted by atomic mass is 10.0. The molecule has 1 aromatic carbocycles. The molecule has 1 fully saturated rings. The first-order valence-corrected chi connectivity index (χ1v) is 9.13. The number of carbonyl (C=O) groups excluding carboxylic acids is 2. The molecule has 8 nitrogen and oxygen atoms in total. The lowest BCUT2D eigenvalue weighted by molar-refractivity contribution is -0.120. The molecule has 1 aromatic heterocycles. The van der Waals surface area contributed by atoms with E-state index in [0.717, 1.165) is 18.5 Å². The number of aryl methyl sites for hydroxylation is 1. The smallest absolute Gasteiger partial charge is 0.271 e. The van der Waals surface area contributed by atoms with Crippen molar-refractivity contribution >= 4 is 17.5 Å². The minimum absolute atomic E-state index is 0.145. The van der Waals surface area contributed by atoms with Crippen LogP contribution in [0.5, 0.6) is 11.5 Å². The molecule has 1 saturated carbocycles. The first-order valence-electron chi connectivity index (χ1n) is 9.13. The SMILES string of the molecule is COc1cc(NC(=O)[C@H]2CCC[C@H]2NC(=O)c2cnc(C)cn2)cc(OC)c1. The van der Waals surface area contributed by atoms with E-state index in [4.69, 9.17) is 9.47 Å². The lowest BCUT2D eigenvalue weighted by Crippen LogP contribution is -2.42. The average molecular weight is 384 g/mol. The summed E-state index contributed by atoms with van der Waals surface area (Å²) < 4.78 is 10.5. The van der Waals surface area contributed by atoms with Gasteiger partial charge < -0.3 is 20.1 Å². The quantitative estimate of drug-likeness (QED) is 0.793. The van der Waals surface area contributed by atoms with Gasteiger partial charge in [0.15, 0.2) is 0 Å². The number of methoxy groups -OCH3 is 2. The van der Waals surface area contributed by atoms with Crippen molar-refractivity contribution in [2.24, 2.45) is 5.92 Å². The number of nitrogens with zero attached hydrogens (tertiary/aromatic N) is 2. The molecular formula is C20H24N4O4. The van der Waals surface area contributed by atoms with Crippen LogP contribution in [0, 0.1) is 12.8 Å². The molecule has 2 atom stereocenters. The fourth-order valence-electron chi connectivity index (χ4n) is 3.31. The molecule has 3 rings (SSSR count). The summed E-state index contributed by atoms with van der Waals surface area (Å²) >= 11 is 0. The molecule has 8 heteroatoms. The Labute approximate surface area is 163 Å². The Kier molecular flexibility index (Phi) is 6.08. The molecule has 148 valence electrons. The van der Waals surface area contributed by atoms with Gasteiger partial charge in [-0.15, -0.1) is 0 Å². The number of aromatic nitrogens is 2. The van der Waals surface area contributed by atoms with Crippen LogP contribution in [0.2, 0.25) is 0 Å². The average Bonchev–Trinajstić information content (AvgIpc) is 3.16. The van der Waals surface area contributed by atoms with Gasteiger partial charge in [0.1, 0.15) is 17.2 Å². The molecule has 2 N–H and O–H groups in total. The van der Waals surface area contributed by atoms with E-state index in [0.29, 0.717) is 23.6 Å². The van der Waals surface area contributed by atoms with Crippen LogP contribution in [0.1, 0.15) is 35.4 Å².